The minimum Gasteiger partial charge on any atom is -0.336 e. The lowest BCUT2D eigenvalue weighted by Gasteiger charge is -2.18. The molecule has 0 aliphatic heterocycles. The molecule has 0 unspecified atom stereocenters. The lowest BCUT2D eigenvalue weighted by atomic mass is 10.2. The Morgan fingerprint density at radius 3 is 2.48 bits per heavy atom. The van der Waals surface area contributed by atoms with Crippen LogP contribution in [0.5, 0.6) is 0 Å². The highest BCUT2D eigenvalue weighted by Crippen LogP contribution is 2.17. The van der Waals surface area contributed by atoms with Crippen LogP contribution < -0.4 is 4.90 Å². The molecule has 6 heteroatoms. The van der Waals surface area contributed by atoms with Gasteiger partial charge in [-0.2, -0.15) is 0 Å². The zero-order valence-corrected chi connectivity index (χ0v) is 15.1. The quantitative estimate of drug-likeness (QED) is 0.530. The van der Waals surface area contributed by atoms with Gasteiger partial charge in [-0.3, -0.25) is 4.98 Å². The van der Waals surface area contributed by atoms with E-state index in [-0.39, 0.29) is 0 Å². The topological polar surface area (TPSA) is 59.7 Å². The van der Waals surface area contributed by atoms with Gasteiger partial charge in [0.05, 0.1) is 17.9 Å². The Labute approximate surface area is 158 Å². The average Bonchev–Trinajstić information content (AvgIpc) is 3.16. The average molecular weight is 356 g/mol. The number of anilines is 1. The molecule has 0 spiro atoms. The molecule has 134 valence electrons. The van der Waals surface area contributed by atoms with Crippen molar-refractivity contribution in [3.8, 4) is 11.4 Å². The molecule has 6 nitrogen and oxygen atoms in total. The lowest BCUT2D eigenvalue weighted by molar-refractivity contribution is 0.700. The van der Waals surface area contributed by atoms with Gasteiger partial charge in [0.2, 0.25) is 5.95 Å². The van der Waals surface area contributed by atoms with E-state index in [9.17, 15) is 0 Å². The Bertz CT molecular complexity index is 997. The van der Waals surface area contributed by atoms with E-state index in [1.165, 1.54) is 5.56 Å². The Morgan fingerprint density at radius 1 is 0.815 bits per heavy atom. The highest BCUT2D eigenvalue weighted by molar-refractivity contribution is 5.55. The summed E-state index contributed by atoms with van der Waals surface area (Å²) in [4.78, 5) is 19.9. The fourth-order valence-corrected chi connectivity index (χ4v) is 2.89. The second kappa shape index (κ2) is 7.78. The van der Waals surface area contributed by atoms with Crippen LogP contribution in [0.15, 0.2) is 79.4 Å². The van der Waals surface area contributed by atoms with Gasteiger partial charge in [-0.25, -0.2) is 15.0 Å². The van der Waals surface area contributed by atoms with Crippen molar-refractivity contribution in [2.75, 3.05) is 11.9 Å². The summed E-state index contributed by atoms with van der Waals surface area (Å²) in [5, 5.41) is 0. The van der Waals surface area contributed by atoms with E-state index in [4.69, 9.17) is 0 Å². The number of hydrogen-bond donors (Lipinski definition) is 0. The zero-order valence-electron chi connectivity index (χ0n) is 15.1. The molecule has 0 saturated heterocycles. The molecule has 27 heavy (non-hydrogen) atoms. The molecule has 4 rings (SSSR count). The largest absolute Gasteiger partial charge is 0.336 e. The molecule has 0 amide bonds. The van der Waals surface area contributed by atoms with Crippen molar-refractivity contribution >= 4 is 5.95 Å². The third kappa shape index (κ3) is 4.00. The van der Waals surface area contributed by atoms with Crippen LogP contribution in [0.25, 0.3) is 11.4 Å². The highest BCUT2D eigenvalue weighted by Gasteiger charge is 2.11. The van der Waals surface area contributed by atoms with Gasteiger partial charge in [-0.1, -0.05) is 36.4 Å². The maximum Gasteiger partial charge on any atom is 0.226 e. The van der Waals surface area contributed by atoms with E-state index in [2.05, 4.69) is 48.8 Å². The minimum atomic E-state index is 0.617. The molecule has 0 radical (unpaired) electrons. The number of pyridine rings is 1. The molecule has 0 aliphatic carbocycles. The highest BCUT2D eigenvalue weighted by atomic mass is 15.3. The molecular weight excluding hydrogens is 336 g/mol. The fraction of sp³-hybridized carbons (Fsp3) is 0.143. The van der Waals surface area contributed by atoms with Gasteiger partial charge in [0.1, 0.15) is 5.82 Å². The van der Waals surface area contributed by atoms with Gasteiger partial charge in [0.15, 0.2) is 0 Å². The molecule has 0 saturated carbocycles. The molecule has 3 aromatic heterocycles. The summed E-state index contributed by atoms with van der Waals surface area (Å²) in [7, 11) is 1.97. The fourth-order valence-electron chi connectivity index (χ4n) is 2.89. The van der Waals surface area contributed by atoms with Crippen molar-refractivity contribution in [1.82, 2.24) is 24.5 Å². The Balaban J connectivity index is 1.52. The molecule has 0 N–H and O–H groups in total. The molecule has 0 bridgehead atoms. The van der Waals surface area contributed by atoms with Crippen molar-refractivity contribution < 1.29 is 0 Å². The van der Waals surface area contributed by atoms with Crippen molar-refractivity contribution in [2.24, 2.45) is 0 Å². The first kappa shape index (κ1) is 16.9. The standard InChI is InChI=1S/C21H20N6/c1-26(21-24-12-10-19(25-21)18-9-5-6-11-22-18)16-20-23-13-14-27(20)15-17-7-3-2-4-8-17/h2-14H,15-16H2,1H3. The molecule has 0 atom stereocenters. The zero-order chi connectivity index (χ0) is 18.5. The van der Waals surface area contributed by atoms with Crippen LogP contribution in [0.2, 0.25) is 0 Å². The Hall–Kier alpha value is -3.54. The monoisotopic (exact) mass is 356 g/mol. The lowest BCUT2D eigenvalue weighted by Crippen LogP contribution is -2.22. The van der Waals surface area contributed by atoms with E-state index in [0.717, 1.165) is 23.8 Å². The summed E-state index contributed by atoms with van der Waals surface area (Å²) in [6, 6.07) is 18.0. The van der Waals surface area contributed by atoms with Gasteiger partial charge < -0.3 is 9.47 Å². The molecule has 0 fully saturated rings. The van der Waals surface area contributed by atoms with E-state index in [1.807, 2.05) is 54.7 Å². The van der Waals surface area contributed by atoms with Crippen molar-refractivity contribution in [2.45, 2.75) is 13.1 Å². The summed E-state index contributed by atoms with van der Waals surface area (Å²) < 4.78 is 2.15. The molecule has 1 aromatic carbocycles. The summed E-state index contributed by atoms with van der Waals surface area (Å²) in [6.07, 6.45) is 7.36. The molecule has 3 heterocycles. The summed E-state index contributed by atoms with van der Waals surface area (Å²) in [5.74, 6) is 1.61. The van der Waals surface area contributed by atoms with Gasteiger partial charge >= 0.3 is 0 Å². The van der Waals surface area contributed by atoms with Crippen molar-refractivity contribution in [3.05, 3.63) is 90.8 Å². The molecular formula is C21H20N6. The van der Waals surface area contributed by atoms with Crippen LogP contribution in [0.1, 0.15) is 11.4 Å². The maximum atomic E-state index is 4.65. The minimum absolute atomic E-state index is 0.617. The molecule has 4 aromatic rings. The van der Waals surface area contributed by atoms with Crippen molar-refractivity contribution in [3.63, 3.8) is 0 Å². The van der Waals surface area contributed by atoms with Crippen molar-refractivity contribution in [1.29, 1.82) is 0 Å². The third-order valence-corrected chi connectivity index (χ3v) is 4.29. The number of rotatable bonds is 6. The van der Waals surface area contributed by atoms with Crippen LogP contribution in [0.3, 0.4) is 0 Å². The second-order valence-corrected chi connectivity index (χ2v) is 6.27. The normalized spacial score (nSPS) is 10.7. The van der Waals surface area contributed by atoms with E-state index in [1.54, 1.807) is 12.4 Å². The van der Waals surface area contributed by atoms with Gasteiger partial charge in [0, 0.05) is 38.4 Å². The van der Waals surface area contributed by atoms with E-state index in [0.29, 0.717) is 12.5 Å². The van der Waals surface area contributed by atoms with Crippen LogP contribution in [-0.4, -0.2) is 31.6 Å². The summed E-state index contributed by atoms with van der Waals surface area (Å²) in [5.41, 5.74) is 2.88. The number of nitrogens with zero attached hydrogens (tertiary/aromatic N) is 6. The van der Waals surface area contributed by atoms with Gasteiger partial charge in [-0.05, 0) is 23.8 Å². The van der Waals surface area contributed by atoms with Crippen LogP contribution in [0.4, 0.5) is 5.95 Å². The number of aromatic nitrogens is 5. The molecule has 0 aliphatic rings. The first-order chi connectivity index (χ1) is 13.3. The van der Waals surface area contributed by atoms with E-state index < -0.39 is 0 Å². The summed E-state index contributed by atoms with van der Waals surface area (Å²) >= 11 is 0. The van der Waals surface area contributed by atoms with Gasteiger partial charge in [0.25, 0.3) is 0 Å². The first-order valence-corrected chi connectivity index (χ1v) is 8.79. The van der Waals surface area contributed by atoms with E-state index >= 15 is 0 Å². The van der Waals surface area contributed by atoms with Crippen LogP contribution >= 0.6 is 0 Å². The smallest absolute Gasteiger partial charge is 0.226 e. The predicted octanol–water partition coefficient (Wildman–Crippen LogP) is 3.42. The number of benzene rings is 1. The summed E-state index contributed by atoms with van der Waals surface area (Å²) in [6.45, 7) is 1.41. The maximum absolute atomic E-state index is 4.65. The van der Waals surface area contributed by atoms with Gasteiger partial charge in [-0.15, -0.1) is 0 Å². The number of hydrogen-bond acceptors (Lipinski definition) is 5. The Kier molecular flexibility index (Phi) is 4.87. The predicted molar refractivity (Wildman–Crippen MR) is 105 cm³/mol. The Morgan fingerprint density at radius 2 is 1.67 bits per heavy atom. The van der Waals surface area contributed by atoms with Crippen LogP contribution in [-0.2, 0) is 13.1 Å². The number of imidazole rings is 1. The first-order valence-electron chi connectivity index (χ1n) is 8.79. The second-order valence-electron chi connectivity index (χ2n) is 6.27. The third-order valence-electron chi connectivity index (χ3n) is 4.29. The SMILES string of the molecule is CN(Cc1nccn1Cc1ccccc1)c1nccc(-c2ccccn2)n1. The van der Waals surface area contributed by atoms with Crippen LogP contribution in [0, 0.1) is 0 Å².